The first-order valence-electron chi connectivity index (χ1n) is 9.70. The number of carbonyl (C=O) groups is 2. The molecule has 156 valence electrons. The minimum atomic E-state index is -0.797. The van der Waals surface area contributed by atoms with E-state index < -0.39 is 16.9 Å². The molecule has 4 rings (SSSR count). The lowest BCUT2D eigenvalue weighted by Gasteiger charge is -2.24. The molecule has 1 aliphatic carbocycles. The molecule has 1 unspecified atom stereocenters. The normalized spacial score (nSPS) is 21.2. The van der Waals surface area contributed by atoms with Crippen LogP contribution in [0.2, 0.25) is 0 Å². The van der Waals surface area contributed by atoms with Gasteiger partial charge >= 0.3 is 0 Å². The minimum Gasteiger partial charge on any atom is -0.359 e. The van der Waals surface area contributed by atoms with E-state index in [0.717, 1.165) is 42.3 Å². The molecule has 1 saturated carbocycles. The highest BCUT2D eigenvalue weighted by atomic mass is 32.2. The number of hydrogen-bond acceptors (Lipinski definition) is 4. The molecule has 0 aromatic heterocycles. The molecule has 1 aliphatic heterocycles. The van der Waals surface area contributed by atoms with Crippen molar-refractivity contribution < 1.29 is 18.4 Å². The van der Waals surface area contributed by atoms with Crippen LogP contribution < -0.4 is 5.32 Å². The maximum Gasteiger partial charge on any atom is 0.242 e. The lowest BCUT2D eigenvalue weighted by Crippen LogP contribution is -2.39. The molecule has 1 heterocycles. The third-order valence-corrected chi connectivity index (χ3v) is 6.67. The Bertz CT molecular complexity index is 1010. The molecular weight excluding hydrogens is 408 g/mol. The van der Waals surface area contributed by atoms with E-state index in [9.17, 15) is 18.4 Å². The smallest absolute Gasteiger partial charge is 0.242 e. The van der Waals surface area contributed by atoms with Crippen molar-refractivity contribution in [2.24, 2.45) is 4.99 Å². The number of nitrogens with one attached hydrogen (secondary N) is 1. The third kappa shape index (κ3) is 4.09. The zero-order valence-electron chi connectivity index (χ0n) is 16.4. The maximum atomic E-state index is 14.2. The molecule has 1 N–H and O–H groups in total. The number of nitrogens with zero attached hydrogens (tertiary/aromatic N) is 2. The molecule has 2 fully saturated rings. The van der Waals surface area contributed by atoms with E-state index in [1.165, 1.54) is 13.1 Å². The molecular formula is C22H21F2N3O2S. The average Bonchev–Trinajstić information content (AvgIpc) is 3.48. The van der Waals surface area contributed by atoms with Gasteiger partial charge in [-0.25, -0.2) is 13.8 Å². The van der Waals surface area contributed by atoms with E-state index >= 15 is 0 Å². The summed E-state index contributed by atoms with van der Waals surface area (Å²) in [4.78, 5) is 30.9. The van der Waals surface area contributed by atoms with Crippen molar-refractivity contribution >= 4 is 34.4 Å². The second kappa shape index (κ2) is 8.18. The predicted molar refractivity (Wildman–Crippen MR) is 113 cm³/mol. The van der Waals surface area contributed by atoms with E-state index in [4.69, 9.17) is 0 Å². The van der Waals surface area contributed by atoms with Gasteiger partial charge in [-0.05, 0) is 30.5 Å². The zero-order chi connectivity index (χ0) is 21.3. The first kappa shape index (κ1) is 20.5. The Morgan fingerprint density at radius 3 is 2.60 bits per heavy atom. The van der Waals surface area contributed by atoms with E-state index in [2.05, 4.69) is 10.3 Å². The summed E-state index contributed by atoms with van der Waals surface area (Å²) in [6.07, 6.45) is 1.88. The van der Waals surface area contributed by atoms with Crippen molar-refractivity contribution in [2.75, 3.05) is 13.6 Å². The van der Waals surface area contributed by atoms with Crippen LogP contribution in [0.5, 0.6) is 0 Å². The molecule has 0 bridgehead atoms. The van der Waals surface area contributed by atoms with E-state index in [0.29, 0.717) is 11.7 Å². The summed E-state index contributed by atoms with van der Waals surface area (Å²) < 4.78 is 27.4. The Hall–Kier alpha value is -2.74. The number of aliphatic imine (C=N–C) groups is 1. The highest BCUT2D eigenvalue weighted by molar-refractivity contribution is 8.15. The average molecular weight is 429 g/mol. The molecule has 0 spiro atoms. The summed E-state index contributed by atoms with van der Waals surface area (Å²) in [5, 5.41) is 2.24. The molecule has 5 nitrogen and oxygen atoms in total. The van der Waals surface area contributed by atoms with Gasteiger partial charge in [0.15, 0.2) is 11.0 Å². The van der Waals surface area contributed by atoms with Crippen LogP contribution >= 0.6 is 11.8 Å². The Kier molecular flexibility index (Phi) is 5.60. The van der Waals surface area contributed by atoms with Gasteiger partial charge in [0.25, 0.3) is 0 Å². The summed E-state index contributed by atoms with van der Waals surface area (Å²) >= 11 is 1.15. The Morgan fingerprint density at radius 1 is 1.23 bits per heavy atom. The summed E-state index contributed by atoms with van der Waals surface area (Å²) in [6.45, 7) is 0.411. The van der Waals surface area contributed by atoms with Crippen molar-refractivity contribution in [3.63, 3.8) is 0 Å². The zero-order valence-corrected chi connectivity index (χ0v) is 17.2. The standard InChI is InChI=1S/C22H21F2N3O2S/c1-25-19(28)12-18-20(29)27(13-22(9-10-22)14-5-3-2-4-6-14)21(30-18)26-17-8-7-15(23)11-16(17)24/h2-8,11,18H,9-10,12-13H2,1H3,(H,25,28). The van der Waals surface area contributed by atoms with Gasteiger partial charge < -0.3 is 5.32 Å². The van der Waals surface area contributed by atoms with Crippen molar-refractivity contribution in [3.05, 3.63) is 65.7 Å². The van der Waals surface area contributed by atoms with Gasteiger partial charge in [-0.2, -0.15) is 0 Å². The minimum absolute atomic E-state index is 0.0136. The molecule has 8 heteroatoms. The van der Waals surface area contributed by atoms with Crippen LogP contribution in [0.25, 0.3) is 0 Å². The lowest BCUT2D eigenvalue weighted by molar-refractivity contribution is -0.129. The van der Waals surface area contributed by atoms with Crippen molar-refractivity contribution in [3.8, 4) is 0 Å². The molecule has 30 heavy (non-hydrogen) atoms. The first-order chi connectivity index (χ1) is 14.4. The summed E-state index contributed by atoms with van der Waals surface area (Å²) in [6, 6.07) is 13.1. The Labute approximate surface area is 177 Å². The second-order valence-electron chi connectivity index (χ2n) is 7.54. The van der Waals surface area contributed by atoms with Crippen molar-refractivity contribution in [1.29, 1.82) is 0 Å². The number of halogens is 2. The predicted octanol–water partition coefficient (Wildman–Crippen LogP) is 3.76. The Morgan fingerprint density at radius 2 is 1.97 bits per heavy atom. The fraction of sp³-hybridized carbons (Fsp3) is 0.318. The summed E-state index contributed by atoms with van der Waals surface area (Å²) in [5.41, 5.74) is 0.938. The molecule has 2 aromatic rings. The number of carbonyl (C=O) groups excluding carboxylic acids is 2. The quantitative estimate of drug-likeness (QED) is 0.761. The lowest BCUT2D eigenvalue weighted by atomic mass is 9.95. The topological polar surface area (TPSA) is 61.8 Å². The molecule has 2 aromatic carbocycles. The summed E-state index contributed by atoms with van der Waals surface area (Å²) in [7, 11) is 1.52. The van der Waals surface area contributed by atoms with Crippen molar-refractivity contribution in [1.82, 2.24) is 10.2 Å². The van der Waals surface area contributed by atoms with Gasteiger partial charge in [-0.3, -0.25) is 14.5 Å². The molecule has 1 saturated heterocycles. The first-order valence-corrected chi connectivity index (χ1v) is 10.6. The Balaban J connectivity index is 1.66. The van der Waals surface area contributed by atoms with Crippen molar-refractivity contribution in [2.45, 2.75) is 29.9 Å². The van der Waals surface area contributed by atoms with Crippen LogP contribution in [0.1, 0.15) is 24.8 Å². The monoisotopic (exact) mass is 429 g/mol. The van der Waals surface area contributed by atoms with Crippen LogP contribution in [-0.2, 0) is 15.0 Å². The SMILES string of the molecule is CNC(=O)CC1SC(=Nc2ccc(F)cc2F)N(CC2(c3ccccc3)CC2)C1=O. The largest absolute Gasteiger partial charge is 0.359 e. The fourth-order valence-corrected chi connectivity index (χ4v) is 4.75. The van der Waals surface area contributed by atoms with E-state index in [1.54, 1.807) is 4.90 Å². The number of hydrogen-bond donors (Lipinski definition) is 1. The van der Waals surface area contributed by atoms with Gasteiger partial charge in [-0.15, -0.1) is 0 Å². The molecule has 2 amide bonds. The molecule has 2 aliphatic rings. The molecule has 1 atom stereocenters. The van der Waals surface area contributed by atoms with Crippen LogP contribution in [-0.4, -0.2) is 40.7 Å². The number of rotatable bonds is 6. The third-order valence-electron chi connectivity index (χ3n) is 5.50. The van der Waals surface area contributed by atoms with E-state index in [-0.39, 0.29) is 29.3 Å². The molecule has 0 radical (unpaired) electrons. The van der Waals surface area contributed by atoms with Crippen LogP contribution in [0.4, 0.5) is 14.5 Å². The van der Waals surface area contributed by atoms with E-state index in [1.807, 2.05) is 30.3 Å². The van der Waals surface area contributed by atoms with Crippen LogP contribution in [0.3, 0.4) is 0 Å². The second-order valence-corrected chi connectivity index (χ2v) is 8.71. The number of benzene rings is 2. The number of amidine groups is 1. The maximum absolute atomic E-state index is 14.2. The van der Waals surface area contributed by atoms with Gasteiger partial charge in [-0.1, -0.05) is 42.1 Å². The number of amides is 2. The van der Waals surface area contributed by atoms with Gasteiger partial charge in [0.2, 0.25) is 11.8 Å². The highest BCUT2D eigenvalue weighted by Crippen LogP contribution is 2.50. The van der Waals surface area contributed by atoms with Gasteiger partial charge in [0.1, 0.15) is 16.8 Å². The highest BCUT2D eigenvalue weighted by Gasteiger charge is 2.50. The number of thioether (sulfide) groups is 1. The van der Waals surface area contributed by atoms with Gasteiger partial charge in [0.05, 0.1) is 0 Å². The summed E-state index contributed by atoms with van der Waals surface area (Å²) in [5.74, 6) is -1.96. The van der Waals surface area contributed by atoms with Crippen LogP contribution in [0.15, 0.2) is 53.5 Å². The fourth-order valence-electron chi connectivity index (χ4n) is 3.60. The van der Waals surface area contributed by atoms with Crippen LogP contribution in [0, 0.1) is 11.6 Å². The van der Waals surface area contributed by atoms with Gasteiger partial charge in [0, 0.05) is 31.5 Å².